The van der Waals surface area contributed by atoms with Crippen LogP contribution in [0, 0.1) is 12.8 Å². The van der Waals surface area contributed by atoms with Gasteiger partial charge in [-0.2, -0.15) is 0 Å². The minimum absolute atomic E-state index is 0.00172. The number of anilines is 1. The van der Waals surface area contributed by atoms with E-state index in [1.54, 1.807) is 18.3 Å². The maximum atomic E-state index is 12.1. The fourth-order valence-electron chi connectivity index (χ4n) is 2.40. The lowest BCUT2D eigenvalue weighted by molar-refractivity contribution is -0.117. The van der Waals surface area contributed by atoms with Gasteiger partial charge in [0.15, 0.2) is 0 Å². The van der Waals surface area contributed by atoms with Gasteiger partial charge in [0.2, 0.25) is 5.91 Å². The second kappa shape index (κ2) is 4.96. The number of amides is 1. The summed E-state index contributed by atoms with van der Waals surface area (Å²) < 4.78 is 0. The summed E-state index contributed by atoms with van der Waals surface area (Å²) in [5.74, 6) is 1.12. The van der Waals surface area contributed by atoms with E-state index in [0.29, 0.717) is 5.82 Å². The molecule has 2 atom stereocenters. The Bertz CT molecular complexity index is 637. The lowest BCUT2D eigenvalue weighted by Gasteiger charge is -2.05. The number of nitrogens with zero attached hydrogens (tertiary/aromatic N) is 1. The van der Waals surface area contributed by atoms with Gasteiger partial charge in [-0.05, 0) is 54.7 Å². The molecule has 2 N–H and O–H groups in total. The summed E-state index contributed by atoms with van der Waals surface area (Å²) in [7, 11) is 0. The number of nitrogens with one attached hydrogen (secondary N) is 1. The Morgan fingerprint density at radius 3 is 2.75 bits per heavy atom. The van der Waals surface area contributed by atoms with Crippen LogP contribution in [0.5, 0.6) is 5.75 Å². The molecule has 2 unspecified atom stereocenters. The van der Waals surface area contributed by atoms with Crippen LogP contribution < -0.4 is 5.32 Å². The molecule has 0 aliphatic heterocycles. The first-order valence-corrected chi connectivity index (χ1v) is 6.66. The van der Waals surface area contributed by atoms with E-state index in [4.69, 9.17) is 0 Å². The van der Waals surface area contributed by atoms with E-state index in [9.17, 15) is 9.90 Å². The molecule has 20 heavy (non-hydrogen) atoms. The van der Waals surface area contributed by atoms with Gasteiger partial charge >= 0.3 is 0 Å². The molecule has 4 nitrogen and oxygen atoms in total. The predicted octanol–water partition coefficient (Wildman–Crippen LogP) is 2.84. The highest BCUT2D eigenvalue weighted by atomic mass is 16.3. The minimum atomic E-state index is 0.00172. The van der Waals surface area contributed by atoms with E-state index in [1.807, 2.05) is 31.2 Å². The average Bonchev–Trinajstić information content (AvgIpc) is 3.20. The number of aromatic nitrogens is 1. The Hall–Kier alpha value is -2.36. The van der Waals surface area contributed by atoms with Gasteiger partial charge < -0.3 is 10.4 Å². The first-order valence-electron chi connectivity index (χ1n) is 6.66. The number of pyridine rings is 1. The van der Waals surface area contributed by atoms with Crippen molar-refractivity contribution >= 4 is 11.7 Å². The molecule has 1 saturated carbocycles. The normalized spacial score (nSPS) is 20.4. The number of aryl methyl sites for hydroxylation is 1. The van der Waals surface area contributed by atoms with Crippen molar-refractivity contribution < 1.29 is 9.90 Å². The van der Waals surface area contributed by atoms with E-state index in [1.165, 1.54) is 0 Å². The van der Waals surface area contributed by atoms with Crippen LogP contribution in [0.1, 0.15) is 23.5 Å². The quantitative estimate of drug-likeness (QED) is 0.899. The molecular formula is C16H16N2O2. The summed E-state index contributed by atoms with van der Waals surface area (Å²) in [4.78, 5) is 16.3. The third-order valence-electron chi connectivity index (χ3n) is 3.62. The zero-order chi connectivity index (χ0) is 14.1. The Balaban J connectivity index is 1.64. The molecule has 0 saturated heterocycles. The van der Waals surface area contributed by atoms with Crippen LogP contribution in [0.3, 0.4) is 0 Å². The van der Waals surface area contributed by atoms with Crippen LogP contribution in [-0.4, -0.2) is 16.0 Å². The fraction of sp³-hybridized carbons (Fsp3) is 0.250. The van der Waals surface area contributed by atoms with Crippen LogP contribution >= 0.6 is 0 Å². The standard InChI is InChI=1S/C16H16N2O2/c1-10-6-7-17-15(8-10)18-16(20)14-9-13(14)11-2-4-12(19)5-3-11/h2-8,13-14,19H,9H2,1H3,(H,17,18,20). The summed E-state index contributed by atoms with van der Waals surface area (Å²) in [6, 6.07) is 10.8. The number of phenols is 1. The van der Waals surface area contributed by atoms with E-state index in [-0.39, 0.29) is 23.5 Å². The van der Waals surface area contributed by atoms with Crippen molar-refractivity contribution in [3.63, 3.8) is 0 Å². The van der Waals surface area contributed by atoms with E-state index in [2.05, 4.69) is 10.3 Å². The molecule has 1 aliphatic carbocycles. The van der Waals surface area contributed by atoms with Gasteiger partial charge in [-0.3, -0.25) is 4.79 Å². The molecule has 0 bridgehead atoms. The molecule has 1 aromatic heterocycles. The van der Waals surface area contributed by atoms with Crippen LogP contribution in [0.15, 0.2) is 42.6 Å². The zero-order valence-corrected chi connectivity index (χ0v) is 11.2. The van der Waals surface area contributed by atoms with Gasteiger partial charge in [0.05, 0.1) is 0 Å². The molecule has 2 aromatic rings. The van der Waals surface area contributed by atoms with E-state index >= 15 is 0 Å². The van der Waals surface area contributed by atoms with Crippen molar-refractivity contribution in [2.24, 2.45) is 5.92 Å². The first kappa shape index (κ1) is 12.7. The number of hydrogen-bond donors (Lipinski definition) is 2. The smallest absolute Gasteiger partial charge is 0.229 e. The van der Waals surface area contributed by atoms with Crippen molar-refractivity contribution in [2.45, 2.75) is 19.3 Å². The minimum Gasteiger partial charge on any atom is -0.508 e. The van der Waals surface area contributed by atoms with Crippen molar-refractivity contribution in [1.29, 1.82) is 0 Å². The Morgan fingerprint density at radius 2 is 2.05 bits per heavy atom. The monoisotopic (exact) mass is 268 g/mol. The van der Waals surface area contributed by atoms with Gasteiger partial charge in [0, 0.05) is 12.1 Å². The largest absolute Gasteiger partial charge is 0.508 e. The van der Waals surface area contributed by atoms with Crippen molar-refractivity contribution in [3.8, 4) is 5.75 Å². The number of carbonyl (C=O) groups excluding carboxylic acids is 1. The number of aromatic hydroxyl groups is 1. The van der Waals surface area contributed by atoms with Gasteiger partial charge in [0.1, 0.15) is 11.6 Å². The molecule has 1 heterocycles. The maximum Gasteiger partial charge on any atom is 0.229 e. The van der Waals surface area contributed by atoms with Gasteiger partial charge in [0.25, 0.3) is 0 Å². The summed E-state index contributed by atoms with van der Waals surface area (Å²) in [6.45, 7) is 1.97. The third kappa shape index (κ3) is 2.64. The lowest BCUT2D eigenvalue weighted by Crippen LogP contribution is -2.15. The van der Waals surface area contributed by atoms with Gasteiger partial charge in [-0.15, -0.1) is 0 Å². The Kier molecular flexibility index (Phi) is 3.14. The lowest BCUT2D eigenvalue weighted by atomic mass is 10.1. The summed E-state index contributed by atoms with van der Waals surface area (Å²) in [5, 5.41) is 12.1. The fourth-order valence-corrected chi connectivity index (χ4v) is 2.40. The van der Waals surface area contributed by atoms with E-state index in [0.717, 1.165) is 17.5 Å². The number of rotatable bonds is 3. The molecule has 1 amide bonds. The number of phenolic OH excluding ortho intramolecular Hbond substituents is 1. The average molecular weight is 268 g/mol. The zero-order valence-electron chi connectivity index (χ0n) is 11.2. The van der Waals surface area contributed by atoms with Crippen LogP contribution in [0.25, 0.3) is 0 Å². The highest BCUT2D eigenvalue weighted by Crippen LogP contribution is 2.48. The van der Waals surface area contributed by atoms with Crippen molar-refractivity contribution in [2.75, 3.05) is 5.32 Å². The topological polar surface area (TPSA) is 62.2 Å². The second-order valence-corrected chi connectivity index (χ2v) is 5.25. The summed E-state index contributed by atoms with van der Waals surface area (Å²) in [6.07, 6.45) is 2.54. The summed E-state index contributed by atoms with van der Waals surface area (Å²) >= 11 is 0. The van der Waals surface area contributed by atoms with Gasteiger partial charge in [-0.25, -0.2) is 4.98 Å². The van der Waals surface area contributed by atoms with Crippen molar-refractivity contribution in [1.82, 2.24) is 4.98 Å². The second-order valence-electron chi connectivity index (χ2n) is 5.25. The highest BCUT2D eigenvalue weighted by Gasteiger charge is 2.43. The molecule has 0 spiro atoms. The molecule has 4 heteroatoms. The van der Waals surface area contributed by atoms with Crippen LogP contribution in [0.4, 0.5) is 5.82 Å². The summed E-state index contributed by atoms with van der Waals surface area (Å²) in [5.41, 5.74) is 2.17. The molecule has 1 aliphatic rings. The van der Waals surface area contributed by atoms with Crippen LogP contribution in [-0.2, 0) is 4.79 Å². The molecule has 102 valence electrons. The molecular weight excluding hydrogens is 252 g/mol. The number of hydrogen-bond acceptors (Lipinski definition) is 3. The highest BCUT2D eigenvalue weighted by molar-refractivity contribution is 5.94. The molecule has 0 radical (unpaired) electrons. The SMILES string of the molecule is Cc1ccnc(NC(=O)C2CC2c2ccc(O)cc2)c1. The third-order valence-corrected chi connectivity index (χ3v) is 3.62. The first-order chi connectivity index (χ1) is 9.63. The van der Waals surface area contributed by atoms with Crippen LogP contribution in [0.2, 0.25) is 0 Å². The predicted molar refractivity (Wildman–Crippen MR) is 76.6 cm³/mol. The van der Waals surface area contributed by atoms with E-state index < -0.39 is 0 Å². The molecule has 1 fully saturated rings. The Labute approximate surface area is 117 Å². The number of benzene rings is 1. The maximum absolute atomic E-state index is 12.1. The molecule has 3 rings (SSSR count). The number of carbonyl (C=O) groups is 1. The van der Waals surface area contributed by atoms with Crippen molar-refractivity contribution in [3.05, 3.63) is 53.7 Å². The Morgan fingerprint density at radius 1 is 1.30 bits per heavy atom. The molecule has 1 aromatic carbocycles. The van der Waals surface area contributed by atoms with Gasteiger partial charge in [-0.1, -0.05) is 12.1 Å².